The maximum Gasteiger partial charge on any atom is 0.197 e. The first-order valence-corrected chi connectivity index (χ1v) is 12.9. The second-order valence-electron chi connectivity index (χ2n) is 10.3. The Morgan fingerprint density at radius 2 is 1.52 bits per heavy atom. The van der Waals surface area contributed by atoms with Crippen LogP contribution in [0.2, 0.25) is 0 Å². The van der Waals surface area contributed by atoms with Crippen molar-refractivity contribution in [3.05, 3.63) is 46.1 Å². The third-order valence-corrected chi connectivity index (χ3v) is 7.52. The highest BCUT2D eigenvalue weighted by atomic mass is 16.7. The number of ether oxygens (including phenoxy) is 3. The minimum absolute atomic E-state index is 0.0818. The van der Waals surface area contributed by atoms with Crippen molar-refractivity contribution >= 4 is 11.0 Å². The second kappa shape index (κ2) is 11.3. The quantitative estimate of drug-likeness (QED) is 0.153. The number of phenolic OH excluding ortho intramolecular Hbond substituents is 4. The van der Waals surface area contributed by atoms with Crippen LogP contribution in [-0.2, 0) is 14.2 Å². The Labute approximate surface area is 236 Å². The zero-order chi connectivity index (χ0) is 30.6. The van der Waals surface area contributed by atoms with Gasteiger partial charge in [0, 0.05) is 17.7 Å². The lowest BCUT2D eigenvalue weighted by Crippen LogP contribution is -2.61. The van der Waals surface area contributed by atoms with E-state index in [0.717, 1.165) is 24.3 Å². The van der Waals surface area contributed by atoms with E-state index >= 15 is 0 Å². The van der Waals surface area contributed by atoms with Gasteiger partial charge in [0.25, 0.3) is 0 Å². The smallest absolute Gasteiger partial charge is 0.197 e. The molecule has 0 bridgehead atoms. The third-order valence-electron chi connectivity index (χ3n) is 7.52. The van der Waals surface area contributed by atoms with Crippen LogP contribution in [-0.4, -0.2) is 113 Å². The van der Waals surface area contributed by atoms with Crippen LogP contribution in [0.1, 0.15) is 18.6 Å². The van der Waals surface area contributed by atoms with Crippen LogP contribution in [0.15, 0.2) is 39.5 Å². The van der Waals surface area contributed by atoms with Crippen molar-refractivity contribution in [3.63, 3.8) is 0 Å². The van der Waals surface area contributed by atoms with Gasteiger partial charge >= 0.3 is 0 Å². The molecule has 10 atom stereocenters. The summed E-state index contributed by atoms with van der Waals surface area (Å²) in [6.45, 7) is 0.568. The van der Waals surface area contributed by atoms with Gasteiger partial charge in [0.05, 0.1) is 18.3 Å². The van der Waals surface area contributed by atoms with E-state index in [-0.39, 0.29) is 16.9 Å². The Balaban J connectivity index is 1.59. The lowest BCUT2D eigenvalue weighted by Gasteiger charge is -2.46. The summed E-state index contributed by atoms with van der Waals surface area (Å²) in [7, 11) is 0. The molecule has 0 amide bonds. The van der Waals surface area contributed by atoms with Crippen LogP contribution in [0.4, 0.5) is 0 Å². The normalized spacial score (nSPS) is 33.6. The van der Waals surface area contributed by atoms with E-state index in [1.807, 2.05) is 0 Å². The molecule has 2 fully saturated rings. The van der Waals surface area contributed by atoms with Crippen molar-refractivity contribution in [1.29, 1.82) is 0 Å². The Morgan fingerprint density at radius 1 is 0.810 bits per heavy atom. The molecule has 42 heavy (non-hydrogen) atoms. The largest absolute Gasteiger partial charge is 0.507 e. The maximum atomic E-state index is 13.2. The molecule has 2 aliphatic heterocycles. The number of hydrogen-bond donors (Lipinski definition) is 10. The molecule has 0 saturated carbocycles. The molecule has 15 heteroatoms. The molecule has 4 unspecified atom stereocenters. The number of aliphatic hydroxyl groups is 6. The van der Waals surface area contributed by atoms with Gasteiger partial charge in [-0.25, -0.2) is 0 Å². The summed E-state index contributed by atoms with van der Waals surface area (Å²) in [4.78, 5) is 13.2. The van der Waals surface area contributed by atoms with Gasteiger partial charge in [-0.1, -0.05) is 0 Å². The van der Waals surface area contributed by atoms with Crippen LogP contribution < -0.4 is 5.43 Å². The van der Waals surface area contributed by atoms with Crippen LogP contribution in [0, 0.1) is 0 Å². The second-order valence-corrected chi connectivity index (χ2v) is 10.3. The maximum absolute atomic E-state index is 13.2. The summed E-state index contributed by atoms with van der Waals surface area (Å²) in [6.07, 6.45) is -16.3. The average Bonchev–Trinajstić information content (AvgIpc) is 2.94. The van der Waals surface area contributed by atoms with Crippen molar-refractivity contribution < 1.29 is 69.7 Å². The van der Waals surface area contributed by atoms with E-state index in [9.17, 15) is 55.9 Å². The van der Waals surface area contributed by atoms with Crippen molar-refractivity contribution in [1.82, 2.24) is 0 Å². The van der Waals surface area contributed by atoms with Crippen molar-refractivity contribution in [2.45, 2.75) is 68.1 Å². The number of fused-ring (bicyclic) bond motifs is 1. The number of phenols is 4. The standard InChI is InChI=1S/C27H30O15/c1-8-19(33)22(36)24(38)27(39-8)42-26-23(37)20(34)16(7-28)41-25(26)18-13(32)6-15-17(21(18)35)12(31)5-14(40-15)9-2-3-10(29)11(30)4-9/h2-6,8,16,19-20,22-30,32-38H,7H2,1H3/t8?,16?,19-,20+,22-,23+,24?,25-,26?,27-/m0/s1. The zero-order valence-corrected chi connectivity index (χ0v) is 21.9. The minimum Gasteiger partial charge on any atom is -0.507 e. The van der Waals surface area contributed by atoms with Gasteiger partial charge in [-0.15, -0.1) is 0 Å². The molecule has 2 saturated heterocycles. The Morgan fingerprint density at radius 3 is 2.19 bits per heavy atom. The lowest BCUT2D eigenvalue weighted by molar-refractivity contribution is -0.338. The van der Waals surface area contributed by atoms with Gasteiger partial charge in [0.15, 0.2) is 23.2 Å². The molecule has 1 aromatic heterocycles. The van der Waals surface area contributed by atoms with E-state index in [1.165, 1.54) is 13.0 Å². The highest BCUT2D eigenvalue weighted by molar-refractivity contribution is 5.88. The third kappa shape index (κ3) is 5.04. The summed E-state index contributed by atoms with van der Waals surface area (Å²) in [5, 5.41) is 103. The van der Waals surface area contributed by atoms with E-state index in [2.05, 4.69) is 0 Å². The van der Waals surface area contributed by atoms with Crippen LogP contribution in [0.3, 0.4) is 0 Å². The van der Waals surface area contributed by atoms with Gasteiger partial charge in [-0.3, -0.25) is 4.79 Å². The number of hydrogen-bond acceptors (Lipinski definition) is 15. The van der Waals surface area contributed by atoms with E-state index < -0.39 is 107 Å². The Bertz CT molecular complexity index is 1520. The first kappa shape index (κ1) is 30.0. The summed E-state index contributed by atoms with van der Waals surface area (Å²) >= 11 is 0. The zero-order valence-electron chi connectivity index (χ0n) is 21.9. The fourth-order valence-corrected chi connectivity index (χ4v) is 5.16. The minimum atomic E-state index is -1.88. The molecule has 3 aromatic rings. The molecule has 10 N–H and O–H groups in total. The lowest BCUT2D eigenvalue weighted by atomic mass is 9.89. The van der Waals surface area contributed by atoms with E-state index in [0.29, 0.717) is 0 Å². The molecule has 2 aliphatic rings. The molecule has 5 rings (SSSR count). The van der Waals surface area contributed by atoms with Gasteiger partial charge in [-0.05, 0) is 25.1 Å². The van der Waals surface area contributed by atoms with Gasteiger partial charge in [-0.2, -0.15) is 0 Å². The molecule has 15 nitrogen and oxygen atoms in total. The Kier molecular flexibility index (Phi) is 8.06. The van der Waals surface area contributed by atoms with Gasteiger partial charge < -0.3 is 69.7 Å². The van der Waals surface area contributed by atoms with Crippen molar-refractivity contribution in [2.75, 3.05) is 6.61 Å². The predicted octanol–water partition coefficient (Wildman–Crippen LogP) is -1.35. The number of rotatable bonds is 5. The van der Waals surface area contributed by atoms with Gasteiger partial charge in [0.2, 0.25) is 0 Å². The van der Waals surface area contributed by atoms with Crippen LogP contribution in [0.25, 0.3) is 22.3 Å². The fourth-order valence-electron chi connectivity index (χ4n) is 5.16. The molecule has 0 aliphatic carbocycles. The highest BCUT2D eigenvalue weighted by Crippen LogP contribution is 2.46. The van der Waals surface area contributed by atoms with Crippen LogP contribution >= 0.6 is 0 Å². The molecular formula is C27H30O15. The monoisotopic (exact) mass is 594 g/mol. The molecule has 228 valence electrons. The molecule has 3 heterocycles. The molecule has 0 radical (unpaired) electrons. The molecule has 2 aromatic carbocycles. The van der Waals surface area contributed by atoms with Gasteiger partial charge in [0.1, 0.15) is 77.1 Å². The summed E-state index contributed by atoms with van der Waals surface area (Å²) in [5.41, 5.74) is -1.42. The number of benzene rings is 2. The SMILES string of the molecule is CC1O[C@@H](OC2[C@H](c3c(O)cc4oc(-c5ccc(O)c(O)c5)cc(=O)c4c3O)OC(CO)[C@@H](O)[C@H]2O)C(O)[C@@H](O)[C@H]1O. The highest BCUT2D eigenvalue weighted by Gasteiger charge is 2.51. The summed E-state index contributed by atoms with van der Waals surface area (Å²) in [5.74, 6) is -2.56. The van der Waals surface area contributed by atoms with Crippen molar-refractivity contribution in [3.8, 4) is 34.3 Å². The number of aliphatic hydroxyl groups excluding tert-OH is 6. The molecular weight excluding hydrogens is 564 g/mol. The average molecular weight is 595 g/mol. The van der Waals surface area contributed by atoms with E-state index in [1.54, 1.807) is 0 Å². The Hall–Kier alpha value is -3.51. The summed E-state index contributed by atoms with van der Waals surface area (Å²) in [6, 6.07) is 5.60. The fraction of sp³-hybridized carbons (Fsp3) is 0.444. The topological polar surface area (TPSA) is 260 Å². The summed E-state index contributed by atoms with van der Waals surface area (Å²) < 4.78 is 22.5. The number of aromatic hydroxyl groups is 4. The first-order chi connectivity index (χ1) is 19.8. The first-order valence-electron chi connectivity index (χ1n) is 12.9. The predicted molar refractivity (Wildman–Crippen MR) is 139 cm³/mol. The molecule has 0 spiro atoms. The van der Waals surface area contributed by atoms with Crippen molar-refractivity contribution in [2.24, 2.45) is 0 Å². The van der Waals surface area contributed by atoms with Crippen LogP contribution in [0.5, 0.6) is 23.0 Å². The van der Waals surface area contributed by atoms with E-state index in [4.69, 9.17) is 18.6 Å².